The van der Waals surface area contributed by atoms with Gasteiger partial charge in [-0.3, -0.25) is 0 Å². The average molecular weight is 202 g/mol. The predicted octanol–water partition coefficient (Wildman–Crippen LogP) is 4.62. The van der Waals surface area contributed by atoms with Crippen LogP contribution in [0.15, 0.2) is 30.3 Å². The van der Waals surface area contributed by atoms with Gasteiger partial charge in [0.05, 0.1) is 0 Å². The van der Waals surface area contributed by atoms with Gasteiger partial charge in [0.15, 0.2) is 0 Å². The normalized spacial score (nSPS) is 28.7. The highest BCUT2D eigenvalue weighted by Gasteiger charge is 2.24. The van der Waals surface area contributed by atoms with Crippen LogP contribution in [0.2, 0.25) is 0 Å². The maximum absolute atomic E-state index is 2.41. The Morgan fingerprint density at radius 3 is 2.53 bits per heavy atom. The van der Waals surface area contributed by atoms with Crippen molar-refractivity contribution < 1.29 is 0 Å². The third-order valence-electron chi connectivity index (χ3n) is 4.01. The third kappa shape index (κ3) is 2.62. The van der Waals surface area contributed by atoms with Gasteiger partial charge in [-0.1, -0.05) is 57.0 Å². The lowest BCUT2D eigenvalue weighted by Crippen LogP contribution is -2.18. The Balaban J connectivity index is 2.04. The summed E-state index contributed by atoms with van der Waals surface area (Å²) in [6, 6.07) is 11.0. The first kappa shape index (κ1) is 10.7. The summed E-state index contributed by atoms with van der Waals surface area (Å²) in [4.78, 5) is 0. The highest BCUT2D eigenvalue weighted by Crippen LogP contribution is 2.37. The molecule has 1 aliphatic carbocycles. The van der Waals surface area contributed by atoms with E-state index in [1.54, 1.807) is 0 Å². The first-order valence-electron chi connectivity index (χ1n) is 6.32. The minimum atomic E-state index is 0.744. The Kier molecular flexibility index (Phi) is 3.45. The molecule has 0 heteroatoms. The van der Waals surface area contributed by atoms with Gasteiger partial charge >= 0.3 is 0 Å². The van der Waals surface area contributed by atoms with E-state index in [0.29, 0.717) is 0 Å². The first-order chi connectivity index (χ1) is 7.27. The second-order valence-electron chi connectivity index (χ2n) is 5.23. The average Bonchev–Trinajstić information content (AvgIpc) is 2.29. The molecule has 0 amide bonds. The molecule has 0 bridgehead atoms. The van der Waals surface area contributed by atoms with Crippen LogP contribution >= 0.6 is 0 Å². The number of benzene rings is 1. The van der Waals surface area contributed by atoms with E-state index < -0.39 is 0 Å². The summed E-state index contributed by atoms with van der Waals surface area (Å²) in [7, 11) is 0. The molecule has 15 heavy (non-hydrogen) atoms. The lowest BCUT2D eigenvalue weighted by Gasteiger charge is -2.31. The molecule has 1 aromatic carbocycles. The van der Waals surface area contributed by atoms with Gasteiger partial charge in [-0.25, -0.2) is 0 Å². The summed E-state index contributed by atoms with van der Waals surface area (Å²) in [5.74, 6) is 2.60. The molecule has 0 aromatic heterocycles. The largest absolute Gasteiger partial charge is 0.0625 e. The summed E-state index contributed by atoms with van der Waals surface area (Å²) < 4.78 is 0. The highest BCUT2D eigenvalue weighted by molar-refractivity contribution is 5.19. The van der Waals surface area contributed by atoms with Crippen LogP contribution in [-0.2, 0) is 0 Å². The SMILES string of the molecule is CC1CCCC(C(C)c2ccccc2)C1. The second kappa shape index (κ2) is 4.83. The molecule has 3 unspecified atom stereocenters. The van der Waals surface area contributed by atoms with E-state index in [2.05, 4.69) is 44.2 Å². The van der Waals surface area contributed by atoms with E-state index in [-0.39, 0.29) is 0 Å². The fourth-order valence-electron chi connectivity index (χ4n) is 2.96. The third-order valence-corrected chi connectivity index (χ3v) is 4.01. The fourth-order valence-corrected chi connectivity index (χ4v) is 2.96. The first-order valence-corrected chi connectivity index (χ1v) is 6.32. The van der Waals surface area contributed by atoms with Crippen molar-refractivity contribution in [2.24, 2.45) is 11.8 Å². The smallest absolute Gasteiger partial charge is 0.0162 e. The van der Waals surface area contributed by atoms with Gasteiger partial charge in [0.1, 0.15) is 0 Å². The molecule has 1 fully saturated rings. The molecule has 1 saturated carbocycles. The van der Waals surface area contributed by atoms with Gasteiger partial charge < -0.3 is 0 Å². The van der Waals surface area contributed by atoms with Crippen LogP contribution in [0.4, 0.5) is 0 Å². The van der Waals surface area contributed by atoms with Crippen LogP contribution in [0, 0.1) is 11.8 Å². The summed E-state index contributed by atoms with van der Waals surface area (Å²) in [6.07, 6.45) is 5.73. The van der Waals surface area contributed by atoms with Crippen LogP contribution in [0.3, 0.4) is 0 Å². The molecular formula is C15H22. The van der Waals surface area contributed by atoms with Crippen molar-refractivity contribution in [1.82, 2.24) is 0 Å². The van der Waals surface area contributed by atoms with E-state index in [1.165, 1.54) is 31.2 Å². The maximum atomic E-state index is 2.41. The van der Waals surface area contributed by atoms with Gasteiger partial charge in [0, 0.05) is 0 Å². The van der Waals surface area contributed by atoms with Crippen molar-refractivity contribution in [3.8, 4) is 0 Å². The van der Waals surface area contributed by atoms with Crippen molar-refractivity contribution in [3.63, 3.8) is 0 Å². The molecule has 2 rings (SSSR count). The summed E-state index contributed by atoms with van der Waals surface area (Å²) >= 11 is 0. The Labute approximate surface area is 93.7 Å². The lowest BCUT2D eigenvalue weighted by atomic mass is 9.74. The van der Waals surface area contributed by atoms with E-state index in [0.717, 1.165) is 17.8 Å². The van der Waals surface area contributed by atoms with Crippen LogP contribution in [-0.4, -0.2) is 0 Å². The van der Waals surface area contributed by atoms with Crippen molar-refractivity contribution in [1.29, 1.82) is 0 Å². The van der Waals surface area contributed by atoms with E-state index >= 15 is 0 Å². The Bertz CT molecular complexity index is 288. The quantitative estimate of drug-likeness (QED) is 0.656. The topological polar surface area (TPSA) is 0 Å². The van der Waals surface area contributed by atoms with Gasteiger partial charge in [-0.05, 0) is 36.2 Å². The number of rotatable bonds is 2. The zero-order chi connectivity index (χ0) is 10.7. The minimum Gasteiger partial charge on any atom is -0.0625 e. The van der Waals surface area contributed by atoms with E-state index in [4.69, 9.17) is 0 Å². The molecule has 3 atom stereocenters. The van der Waals surface area contributed by atoms with Gasteiger partial charge in [0.25, 0.3) is 0 Å². The second-order valence-corrected chi connectivity index (χ2v) is 5.23. The molecule has 0 nitrogen and oxygen atoms in total. The van der Waals surface area contributed by atoms with Crippen LogP contribution in [0.5, 0.6) is 0 Å². The molecular weight excluding hydrogens is 180 g/mol. The van der Waals surface area contributed by atoms with Crippen molar-refractivity contribution in [2.75, 3.05) is 0 Å². The highest BCUT2D eigenvalue weighted by atomic mass is 14.3. The molecule has 0 saturated heterocycles. The van der Waals surface area contributed by atoms with Crippen LogP contribution in [0.25, 0.3) is 0 Å². The van der Waals surface area contributed by atoms with Crippen LogP contribution < -0.4 is 0 Å². The van der Waals surface area contributed by atoms with E-state index in [9.17, 15) is 0 Å². The Morgan fingerprint density at radius 2 is 1.87 bits per heavy atom. The fraction of sp³-hybridized carbons (Fsp3) is 0.600. The molecule has 1 aromatic rings. The Morgan fingerprint density at radius 1 is 1.13 bits per heavy atom. The van der Waals surface area contributed by atoms with Crippen molar-refractivity contribution in [3.05, 3.63) is 35.9 Å². The maximum Gasteiger partial charge on any atom is -0.0162 e. The van der Waals surface area contributed by atoms with Gasteiger partial charge in [-0.2, -0.15) is 0 Å². The van der Waals surface area contributed by atoms with Crippen molar-refractivity contribution in [2.45, 2.75) is 45.4 Å². The molecule has 1 aliphatic rings. The zero-order valence-corrected chi connectivity index (χ0v) is 9.95. The Hall–Kier alpha value is -0.780. The standard InChI is InChI=1S/C15H22/c1-12-7-6-10-15(11-12)13(2)14-8-4-3-5-9-14/h3-5,8-9,12-13,15H,6-7,10-11H2,1-2H3. The van der Waals surface area contributed by atoms with Gasteiger partial charge in [0.2, 0.25) is 0 Å². The molecule has 82 valence electrons. The predicted molar refractivity (Wildman–Crippen MR) is 66.0 cm³/mol. The number of hydrogen-bond donors (Lipinski definition) is 0. The number of hydrogen-bond acceptors (Lipinski definition) is 0. The van der Waals surface area contributed by atoms with Crippen molar-refractivity contribution >= 4 is 0 Å². The minimum absolute atomic E-state index is 0.744. The summed E-state index contributed by atoms with van der Waals surface area (Å²) in [6.45, 7) is 4.81. The van der Waals surface area contributed by atoms with Crippen LogP contribution in [0.1, 0.15) is 51.0 Å². The molecule has 0 radical (unpaired) electrons. The lowest BCUT2D eigenvalue weighted by molar-refractivity contribution is 0.253. The molecule has 0 aliphatic heterocycles. The summed E-state index contributed by atoms with van der Waals surface area (Å²) in [5.41, 5.74) is 1.52. The monoisotopic (exact) mass is 202 g/mol. The molecule has 0 heterocycles. The van der Waals surface area contributed by atoms with Gasteiger partial charge in [-0.15, -0.1) is 0 Å². The molecule has 0 N–H and O–H groups in total. The molecule has 0 spiro atoms. The zero-order valence-electron chi connectivity index (χ0n) is 9.95. The summed E-state index contributed by atoms with van der Waals surface area (Å²) in [5, 5.41) is 0. The van der Waals surface area contributed by atoms with E-state index in [1.807, 2.05) is 0 Å².